The highest BCUT2D eigenvalue weighted by molar-refractivity contribution is 7.80. The molecule has 0 unspecified atom stereocenters. The zero-order chi connectivity index (χ0) is 16.4. The van der Waals surface area contributed by atoms with E-state index >= 15 is 0 Å². The van der Waals surface area contributed by atoms with Crippen LogP contribution in [0.15, 0.2) is 35.5 Å². The van der Waals surface area contributed by atoms with E-state index in [0.717, 1.165) is 5.56 Å². The minimum Gasteiger partial charge on any atom is -0.351 e. The van der Waals surface area contributed by atoms with Crippen LogP contribution in [0.2, 0.25) is 0 Å². The van der Waals surface area contributed by atoms with Gasteiger partial charge in [0.25, 0.3) is 11.6 Å². The molecule has 1 atom stereocenters. The number of thiocarbonyl (C=S) groups is 1. The first kappa shape index (κ1) is 15.9. The van der Waals surface area contributed by atoms with Crippen LogP contribution >= 0.6 is 12.2 Å². The maximum atomic E-state index is 12.4. The molecule has 0 radical (unpaired) electrons. The van der Waals surface area contributed by atoms with E-state index in [9.17, 15) is 14.9 Å². The fraction of sp³-hybridized carbons (Fsp3) is 0.286. The number of nitrogens with one attached hydrogen (secondary N) is 2. The predicted molar refractivity (Wildman–Crippen MR) is 86.1 cm³/mol. The molecule has 0 bridgehead atoms. The molecule has 8 heteroatoms. The van der Waals surface area contributed by atoms with Crippen LogP contribution in [0.25, 0.3) is 0 Å². The molecule has 1 aliphatic heterocycles. The summed E-state index contributed by atoms with van der Waals surface area (Å²) >= 11 is 5.14. The Labute approximate surface area is 133 Å². The number of hydrogen-bond acceptors (Lipinski definition) is 4. The van der Waals surface area contributed by atoms with Gasteiger partial charge in [-0.05, 0) is 36.8 Å². The van der Waals surface area contributed by atoms with Gasteiger partial charge in [-0.2, -0.15) is 0 Å². The first-order valence-electron chi connectivity index (χ1n) is 6.55. The Morgan fingerprint density at radius 3 is 2.41 bits per heavy atom. The van der Waals surface area contributed by atoms with Gasteiger partial charge in [-0.1, -0.05) is 0 Å². The second-order valence-electron chi connectivity index (χ2n) is 5.12. The molecule has 1 aromatic carbocycles. The van der Waals surface area contributed by atoms with E-state index in [2.05, 4.69) is 10.6 Å². The van der Waals surface area contributed by atoms with E-state index in [1.165, 1.54) is 17.0 Å². The van der Waals surface area contributed by atoms with Crippen LogP contribution in [0.3, 0.4) is 0 Å². The van der Waals surface area contributed by atoms with Gasteiger partial charge in [-0.15, -0.1) is 0 Å². The van der Waals surface area contributed by atoms with Gasteiger partial charge in [-0.3, -0.25) is 14.9 Å². The fourth-order valence-corrected chi connectivity index (χ4v) is 2.53. The monoisotopic (exact) mass is 320 g/mol. The van der Waals surface area contributed by atoms with Crippen molar-refractivity contribution in [3.8, 4) is 0 Å². The molecule has 22 heavy (non-hydrogen) atoms. The smallest absolute Gasteiger partial charge is 0.269 e. The SMILES string of the molecule is CC1=C(C(=O)N(C)C)[C@H](c2ccc([N+](=O)[O-])cc2)NC(=S)N1. The van der Waals surface area contributed by atoms with Crippen molar-refractivity contribution in [2.75, 3.05) is 14.1 Å². The molecular weight excluding hydrogens is 304 g/mol. The average molecular weight is 320 g/mol. The number of allylic oxidation sites excluding steroid dienone is 1. The summed E-state index contributed by atoms with van der Waals surface area (Å²) in [4.78, 5) is 24.2. The molecule has 0 aliphatic carbocycles. The number of rotatable bonds is 3. The number of nitrogens with zero attached hydrogens (tertiary/aromatic N) is 2. The second kappa shape index (κ2) is 6.10. The van der Waals surface area contributed by atoms with Gasteiger partial charge in [0.1, 0.15) is 0 Å². The maximum absolute atomic E-state index is 12.4. The van der Waals surface area contributed by atoms with Crippen LogP contribution < -0.4 is 10.6 Å². The van der Waals surface area contributed by atoms with Crippen molar-refractivity contribution in [1.29, 1.82) is 0 Å². The Morgan fingerprint density at radius 2 is 1.91 bits per heavy atom. The number of amides is 1. The summed E-state index contributed by atoms with van der Waals surface area (Å²) in [6.45, 7) is 1.78. The lowest BCUT2D eigenvalue weighted by atomic mass is 9.94. The molecule has 0 fully saturated rings. The number of carbonyl (C=O) groups excluding carboxylic acids is 1. The fourth-order valence-electron chi connectivity index (χ4n) is 2.26. The summed E-state index contributed by atoms with van der Waals surface area (Å²) in [5.74, 6) is -0.150. The lowest BCUT2D eigenvalue weighted by Gasteiger charge is -2.31. The number of hydrogen-bond donors (Lipinski definition) is 2. The van der Waals surface area contributed by atoms with Crippen LogP contribution in [-0.2, 0) is 4.79 Å². The largest absolute Gasteiger partial charge is 0.351 e. The van der Waals surface area contributed by atoms with E-state index < -0.39 is 11.0 Å². The Morgan fingerprint density at radius 1 is 1.32 bits per heavy atom. The molecule has 1 amide bonds. The number of benzene rings is 1. The van der Waals surface area contributed by atoms with Crippen LogP contribution in [0.5, 0.6) is 0 Å². The van der Waals surface area contributed by atoms with Crippen LogP contribution in [0, 0.1) is 10.1 Å². The molecule has 0 saturated heterocycles. The average Bonchev–Trinajstić information content (AvgIpc) is 2.45. The molecule has 116 valence electrons. The summed E-state index contributed by atoms with van der Waals surface area (Å²) in [5.41, 5.74) is 1.94. The third-order valence-electron chi connectivity index (χ3n) is 3.34. The normalized spacial score (nSPS) is 17.6. The molecular formula is C14H16N4O3S. The van der Waals surface area contributed by atoms with Crippen molar-refractivity contribution in [3.63, 3.8) is 0 Å². The summed E-state index contributed by atoms with van der Waals surface area (Å²) in [7, 11) is 3.34. The van der Waals surface area contributed by atoms with E-state index in [4.69, 9.17) is 12.2 Å². The Bertz CT molecular complexity index is 667. The highest BCUT2D eigenvalue weighted by Gasteiger charge is 2.30. The quantitative estimate of drug-likeness (QED) is 0.498. The maximum Gasteiger partial charge on any atom is 0.269 e. The molecule has 1 heterocycles. The number of non-ortho nitro benzene ring substituents is 1. The Hall–Kier alpha value is -2.48. The van der Waals surface area contributed by atoms with Gasteiger partial charge in [-0.25, -0.2) is 0 Å². The Balaban J connectivity index is 2.45. The van der Waals surface area contributed by atoms with E-state index in [1.54, 1.807) is 33.2 Å². The summed E-state index contributed by atoms with van der Waals surface area (Å²) < 4.78 is 0. The lowest BCUT2D eigenvalue weighted by Crippen LogP contribution is -2.46. The Kier molecular flexibility index (Phi) is 4.41. The van der Waals surface area contributed by atoms with Crippen LogP contribution in [-0.4, -0.2) is 34.9 Å². The van der Waals surface area contributed by atoms with Gasteiger partial charge in [0.15, 0.2) is 5.11 Å². The van der Waals surface area contributed by atoms with Crippen LogP contribution in [0.1, 0.15) is 18.5 Å². The van der Waals surface area contributed by atoms with Gasteiger partial charge in [0.2, 0.25) is 0 Å². The highest BCUT2D eigenvalue weighted by Crippen LogP contribution is 2.28. The first-order chi connectivity index (χ1) is 10.3. The molecule has 0 spiro atoms. The molecule has 1 aliphatic rings. The van der Waals surface area contributed by atoms with Crippen molar-refractivity contribution in [2.45, 2.75) is 13.0 Å². The summed E-state index contributed by atoms with van der Waals surface area (Å²) in [6, 6.07) is 5.63. The second-order valence-corrected chi connectivity index (χ2v) is 5.53. The molecule has 1 aromatic rings. The number of nitro groups is 1. The first-order valence-corrected chi connectivity index (χ1v) is 6.96. The van der Waals surface area contributed by atoms with Crippen molar-refractivity contribution in [1.82, 2.24) is 15.5 Å². The van der Waals surface area contributed by atoms with E-state index in [0.29, 0.717) is 16.4 Å². The van der Waals surface area contributed by atoms with E-state index in [-0.39, 0.29) is 11.6 Å². The topological polar surface area (TPSA) is 87.5 Å². The number of nitro benzene ring substituents is 1. The van der Waals surface area contributed by atoms with Gasteiger partial charge >= 0.3 is 0 Å². The van der Waals surface area contributed by atoms with Crippen molar-refractivity contribution >= 4 is 28.9 Å². The molecule has 0 saturated carbocycles. The number of likely N-dealkylation sites (N-methyl/N-ethyl adjacent to an activating group) is 1. The zero-order valence-electron chi connectivity index (χ0n) is 12.4. The van der Waals surface area contributed by atoms with E-state index in [1.807, 2.05) is 0 Å². The molecule has 7 nitrogen and oxygen atoms in total. The van der Waals surface area contributed by atoms with Crippen LogP contribution in [0.4, 0.5) is 5.69 Å². The van der Waals surface area contributed by atoms with Gasteiger partial charge < -0.3 is 15.5 Å². The standard InChI is InChI=1S/C14H16N4O3S/c1-8-11(13(19)17(2)3)12(16-14(22)15-8)9-4-6-10(7-5-9)18(20)21/h4-7,12H,1-3H3,(H2,15,16,22)/t12-/m0/s1. The minimum absolute atomic E-state index is 0.00134. The molecule has 2 rings (SSSR count). The summed E-state index contributed by atoms with van der Waals surface area (Å²) in [5, 5.41) is 17.1. The molecule has 2 N–H and O–H groups in total. The predicted octanol–water partition coefficient (Wildman–Crippen LogP) is 1.48. The van der Waals surface area contributed by atoms with Crippen molar-refractivity contribution < 1.29 is 9.72 Å². The zero-order valence-corrected chi connectivity index (χ0v) is 13.2. The third-order valence-corrected chi connectivity index (χ3v) is 3.56. The van der Waals surface area contributed by atoms with Gasteiger partial charge in [0, 0.05) is 31.9 Å². The lowest BCUT2D eigenvalue weighted by molar-refractivity contribution is -0.384. The molecule has 0 aromatic heterocycles. The highest BCUT2D eigenvalue weighted by atomic mass is 32.1. The third kappa shape index (κ3) is 3.06. The summed E-state index contributed by atoms with van der Waals surface area (Å²) in [6.07, 6.45) is 0. The van der Waals surface area contributed by atoms with Crippen molar-refractivity contribution in [2.24, 2.45) is 0 Å². The minimum atomic E-state index is -0.461. The van der Waals surface area contributed by atoms with Crippen molar-refractivity contribution in [3.05, 3.63) is 51.2 Å². The van der Waals surface area contributed by atoms with Gasteiger partial charge in [0.05, 0.1) is 16.5 Å². The number of carbonyl (C=O) groups is 1.